The van der Waals surface area contributed by atoms with E-state index in [0.717, 1.165) is 0 Å². The molecule has 0 aliphatic heterocycles. The lowest BCUT2D eigenvalue weighted by atomic mass is 10.0. The number of nitrogens with one attached hydrogen (secondary N) is 1. The van der Waals surface area contributed by atoms with E-state index in [2.05, 4.69) is 5.32 Å². The summed E-state index contributed by atoms with van der Waals surface area (Å²) in [4.78, 5) is 24.2. The Morgan fingerprint density at radius 3 is 2.42 bits per heavy atom. The third-order valence-electron chi connectivity index (χ3n) is 3.04. The first-order valence-electron chi connectivity index (χ1n) is 7.83. The third-order valence-corrected chi connectivity index (χ3v) is 3.60. The van der Waals surface area contributed by atoms with Crippen LogP contribution in [0, 0.1) is 5.92 Å². The molecule has 1 atom stereocenters. The van der Waals surface area contributed by atoms with E-state index in [-0.39, 0.29) is 17.9 Å². The van der Waals surface area contributed by atoms with Gasteiger partial charge in [0.1, 0.15) is 6.04 Å². The van der Waals surface area contributed by atoms with Gasteiger partial charge in [-0.1, -0.05) is 43.1 Å². The number of rotatable bonds is 7. The number of ether oxygens (including phenoxy) is 1. The van der Waals surface area contributed by atoms with Crippen molar-refractivity contribution in [1.82, 2.24) is 5.32 Å². The van der Waals surface area contributed by atoms with Crippen molar-refractivity contribution in [1.29, 1.82) is 0 Å². The zero-order chi connectivity index (χ0) is 18.3. The number of carbonyl (C=O) groups is 2. The van der Waals surface area contributed by atoms with E-state index in [1.165, 1.54) is 6.08 Å². The van der Waals surface area contributed by atoms with Crippen LogP contribution in [0.3, 0.4) is 0 Å². The van der Waals surface area contributed by atoms with E-state index < -0.39 is 12.0 Å². The molecule has 0 radical (unpaired) electrons. The molecule has 1 N–H and O–H groups in total. The SMILES string of the molecule is CC(C)C[C@H](NC(=O)/C=C/c1ccc(Cl)cc1Cl)C(=O)OC(C)C. The molecule has 0 unspecified atom stereocenters. The highest BCUT2D eigenvalue weighted by Gasteiger charge is 2.23. The Balaban J connectivity index is 2.76. The van der Waals surface area contributed by atoms with E-state index in [9.17, 15) is 9.59 Å². The van der Waals surface area contributed by atoms with Crippen LogP contribution in [0.1, 0.15) is 39.7 Å². The van der Waals surface area contributed by atoms with Crippen LogP contribution in [0.15, 0.2) is 24.3 Å². The fourth-order valence-electron chi connectivity index (χ4n) is 2.02. The molecule has 132 valence electrons. The van der Waals surface area contributed by atoms with Crippen LogP contribution in [0.2, 0.25) is 10.0 Å². The summed E-state index contributed by atoms with van der Waals surface area (Å²) in [5.74, 6) is -0.568. The average molecular weight is 372 g/mol. The first-order valence-corrected chi connectivity index (χ1v) is 8.58. The Hall–Kier alpha value is -1.52. The van der Waals surface area contributed by atoms with Gasteiger partial charge >= 0.3 is 5.97 Å². The van der Waals surface area contributed by atoms with Crippen LogP contribution >= 0.6 is 23.2 Å². The second kappa shape index (κ2) is 9.70. The van der Waals surface area contributed by atoms with Crippen molar-refractivity contribution in [2.24, 2.45) is 5.92 Å². The zero-order valence-electron chi connectivity index (χ0n) is 14.3. The van der Waals surface area contributed by atoms with Gasteiger partial charge in [-0.25, -0.2) is 4.79 Å². The fraction of sp³-hybridized carbons (Fsp3) is 0.444. The highest BCUT2D eigenvalue weighted by atomic mass is 35.5. The minimum atomic E-state index is -0.676. The molecule has 0 aliphatic carbocycles. The molecule has 1 aromatic rings. The number of hydrogen-bond acceptors (Lipinski definition) is 3. The number of benzene rings is 1. The summed E-state index contributed by atoms with van der Waals surface area (Å²) >= 11 is 11.9. The molecule has 1 amide bonds. The van der Waals surface area contributed by atoms with Gasteiger partial charge in [-0.3, -0.25) is 4.79 Å². The maximum Gasteiger partial charge on any atom is 0.328 e. The average Bonchev–Trinajstić information content (AvgIpc) is 2.44. The summed E-state index contributed by atoms with van der Waals surface area (Å²) in [5.41, 5.74) is 0.668. The van der Waals surface area contributed by atoms with Gasteiger partial charge in [0, 0.05) is 16.1 Å². The Bertz CT molecular complexity index is 612. The summed E-state index contributed by atoms with van der Waals surface area (Å²) in [6.45, 7) is 7.50. The molecule has 1 aromatic carbocycles. The smallest absolute Gasteiger partial charge is 0.328 e. The molecule has 0 spiro atoms. The maximum absolute atomic E-state index is 12.1. The molecular weight excluding hydrogens is 349 g/mol. The lowest BCUT2D eigenvalue weighted by Gasteiger charge is -2.20. The summed E-state index contributed by atoms with van der Waals surface area (Å²) in [6, 6.07) is 4.33. The van der Waals surface area contributed by atoms with E-state index in [1.807, 2.05) is 13.8 Å². The number of esters is 1. The standard InChI is InChI=1S/C18H23Cl2NO3/c1-11(2)9-16(18(23)24-12(3)4)21-17(22)8-6-13-5-7-14(19)10-15(13)20/h5-8,10-12,16H,9H2,1-4H3,(H,21,22)/b8-6+/t16-/m0/s1. The second-order valence-electron chi connectivity index (χ2n) is 6.18. The quantitative estimate of drug-likeness (QED) is 0.567. The van der Waals surface area contributed by atoms with E-state index in [4.69, 9.17) is 27.9 Å². The van der Waals surface area contributed by atoms with Crippen molar-refractivity contribution >= 4 is 41.2 Å². The van der Waals surface area contributed by atoms with Crippen molar-refractivity contribution in [3.8, 4) is 0 Å². The van der Waals surface area contributed by atoms with Gasteiger partial charge in [-0.15, -0.1) is 0 Å². The summed E-state index contributed by atoms with van der Waals surface area (Å²) in [5, 5.41) is 3.66. The molecule has 0 heterocycles. The lowest BCUT2D eigenvalue weighted by molar-refractivity contribution is -0.151. The molecular formula is C18H23Cl2NO3. The maximum atomic E-state index is 12.1. The largest absolute Gasteiger partial charge is 0.461 e. The van der Waals surface area contributed by atoms with Gasteiger partial charge in [-0.2, -0.15) is 0 Å². The van der Waals surface area contributed by atoms with Crippen LogP contribution < -0.4 is 5.32 Å². The van der Waals surface area contributed by atoms with Crippen molar-refractivity contribution in [3.05, 3.63) is 39.9 Å². The van der Waals surface area contributed by atoms with E-state index in [0.29, 0.717) is 22.0 Å². The van der Waals surface area contributed by atoms with E-state index in [1.54, 1.807) is 38.1 Å². The molecule has 0 fully saturated rings. The first kappa shape index (κ1) is 20.5. The number of halogens is 2. The van der Waals surface area contributed by atoms with Crippen molar-refractivity contribution in [2.45, 2.75) is 46.3 Å². The predicted octanol–water partition coefficient (Wildman–Crippen LogP) is 4.49. The zero-order valence-corrected chi connectivity index (χ0v) is 15.8. The number of amides is 1. The highest BCUT2D eigenvalue weighted by molar-refractivity contribution is 6.35. The Kier molecular flexibility index (Phi) is 8.29. The molecule has 0 aromatic heterocycles. The topological polar surface area (TPSA) is 55.4 Å². The van der Waals surface area contributed by atoms with Crippen LogP contribution in [0.5, 0.6) is 0 Å². The van der Waals surface area contributed by atoms with Gasteiger partial charge in [0.25, 0.3) is 0 Å². The van der Waals surface area contributed by atoms with Crippen LogP contribution in [-0.2, 0) is 14.3 Å². The van der Waals surface area contributed by atoms with Gasteiger partial charge in [0.05, 0.1) is 6.10 Å². The summed E-state index contributed by atoms with van der Waals surface area (Å²) < 4.78 is 5.20. The normalized spacial score (nSPS) is 12.7. The molecule has 1 rings (SSSR count). The molecule has 24 heavy (non-hydrogen) atoms. The monoisotopic (exact) mass is 371 g/mol. The second-order valence-corrected chi connectivity index (χ2v) is 7.02. The van der Waals surface area contributed by atoms with Gasteiger partial charge in [0.2, 0.25) is 5.91 Å². The van der Waals surface area contributed by atoms with Gasteiger partial charge in [-0.05, 0) is 50.0 Å². The molecule has 0 saturated carbocycles. The minimum Gasteiger partial charge on any atom is -0.461 e. The fourth-order valence-corrected chi connectivity index (χ4v) is 2.49. The van der Waals surface area contributed by atoms with Crippen molar-refractivity contribution < 1.29 is 14.3 Å². The Morgan fingerprint density at radius 1 is 1.21 bits per heavy atom. The van der Waals surface area contributed by atoms with Crippen LogP contribution in [0.25, 0.3) is 6.08 Å². The highest BCUT2D eigenvalue weighted by Crippen LogP contribution is 2.21. The lowest BCUT2D eigenvalue weighted by Crippen LogP contribution is -2.42. The minimum absolute atomic E-state index is 0.229. The van der Waals surface area contributed by atoms with E-state index >= 15 is 0 Å². The first-order chi connectivity index (χ1) is 11.2. The van der Waals surface area contributed by atoms with Crippen molar-refractivity contribution in [3.63, 3.8) is 0 Å². The Labute approximate surface area is 153 Å². The third kappa shape index (κ3) is 7.37. The van der Waals surface area contributed by atoms with Crippen LogP contribution in [-0.4, -0.2) is 24.0 Å². The van der Waals surface area contributed by atoms with Crippen molar-refractivity contribution in [2.75, 3.05) is 0 Å². The summed E-state index contributed by atoms with van der Waals surface area (Å²) in [6.07, 6.45) is 3.19. The molecule has 0 bridgehead atoms. The number of carbonyl (C=O) groups excluding carboxylic acids is 2. The predicted molar refractivity (Wildman–Crippen MR) is 98.1 cm³/mol. The number of hydrogen-bond donors (Lipinski definition) is 1. The molecule has 4 nitrogen and oxygen atoms in total. The van der Waals surface area contributed by atoms with Gasteiger partial charge in [0.15, 0.2) is 0 Å². The summed E-state index contributed by atoms with van der Waals surface area (Å²) in [7, 11) is 0. The Morgan fingerprint density at radius 2 is 1.88 bits per heavy atom. The molecule has 0 saturated heterocycles. The van der Waals surface area contributed by atoms with Gasteiger partial charge < -0.3 is 10.1 Å². The molecule has 6 heteroatoms. The molecule has 0 aliphatic rings. The van der Waals surface area contributed by atoms with Crippen LogP contribution in [0.4, 0.5) is 0 Å².